The summed E-state index contributed by atoms with van der Waals surface area (Å²) in [4.78, 5) is 22.5. The minimum Gasteiger partial charge on any atom is -0.462 e. The van der Waals surface area contributed by atoms with Crippen molar-refractivity contribution in [3.8, 4) is 0 Å². The van der Waals surface area contributed by atoms with Gasteiger partial charge in [-0.05, 0) is 31.5 Å². The molecule has 8 heteroatoms. The summed E-state index contributed by atoms with van der Waals surface area (Å²) >= 11 is 1.65. The van der Waals surface area contributed by atoms with Gasteiger partial charge in [0.2, 0.25) is 0 Å². The Morgan fingerprint density at radius 2 is 2.04 bits per heavy atom. The van der Waals surface area contributed by atoms with Crippen LogP contribution in [0, 0.1) is 6.92 Å². The van der Waals surface area contributed by atoms with Gasteiger partial charge in [0.1, 0.15) is 0 Å². The number of aromatic nitrogens is 1. The lowest BCUT2D eigenvalue weighted by Crippen LogP contribution is -2.38. The number of hydrogen-bond acceptors (Lipinski definition) is 5. The smallest absolute Gasteiger partial charge is 0.338 e. The van der Waals surface area contributed by atoms with Crippen molar-refractivity contribution in [2.24, 2.45) is 4.99 Å². The molecular weight excluding hydrogens is 463 g/mol. The summed E-state index contributed by atoms with van der Waals surface area (Å²) in [5.41, 5.74) is 2.66. The maximum atomic E-state index is 11.7. The summed E-state index contributed by atoms with van der Waals surface area (Å²) in [7, 11) is 3.74. The van der Waals surface area contributed by atoms with Crippen LogP contribution in [0.5, 0.6) is 0 Å². The molecule has 0 aliphatic heterocycles. The quantitative estimate of drug-likeness (QED) is 0.292. The van der Waals surface area contributed by atoms with Crippen LogP contribution in [-0.2, 0) is 17.8 Å². The van der Waals surface area contributed by atoms with E-state index in [-0.39, 0.29) is 29.9 Å². The molecule has 1 N–H and O–H groups in total. The van der Waals surface area contributed by atoms with Crippen LogP contribution >= 0.6 is 35.3 Å². The van der Waals surface area contributed by atoms with Crippen molar-refractivity contribution in [1.29, 1.82) is 0 Å². The van der Waals surface area contributed by atoms with Gasteiger partial charge in [0.05, 0.1) is 29.4 Å². The number of aliphatic imine (C=N–C) groups is 1. The van der Waals surface area contributed by atoms with Gasteiger partial charge in [-0.25, -0.2) is 9.78 Å². The first-order valence-corrected chi connectivity index (χ1v) is 9.00. The number of aryl methyl sites for hydroxylation is 1. The third-order valence-electron chi connectivity index (χ3n) is 3.55. The molecule has 1 aromatic heterocycles. The molecule has 2 aromatic rings. The van der Waals surface area contributed by atoms with Crippen LogP contribution in [0.4, 0.5) is 0 Å². The minimum atomic E-state index is -0.295. The highest BCUT2D eigenvalue weighted by Crippen LogP contribution is 2.10. The molecule has 26 heavy (non-hydrogen) atoms. The van der Waals surface area contributed by atoms with Gasteiger partial charge in [0.25, 0.3) is 0 Å². The molecule has 6 nitrogen and oxygen atoms in total. The predicted octanol–water partition coefficient (Wildman–Crippen LogP) is 3.45. The summed E-state index contributed by atoms with van der Waals surface area (Å²) in [5, 5.41) is 6.45. The molecule has 0 aliphatic rings. The van der Waals surface area contributed by atoms with Crippen LogP contribution in [0.2, 0.25) is 0 Å². The highest BCUT2D eigenvalue weighted by Gasteiger charge is 2.09. The van der Waals surface area contributed by atoms with E-state index in [1.54, 1.807) is 37.4 Å². The SMILES string of the molecule is CCOC(=O)c1ccc(CNC(=NC)N(C)Cc2csc(C)n2)cc1.I. The largest absolute Gasteiger partial charge is 0.462 e. The van der Waals surface area contributed by atoms with E-state index in [4.69, 9.17) is 4.74 Å². The number of esters is 1. The van der Waals surface area contributed by atoms with E-state index in [2.05, 4.69) is 20.7 Å². The van der Waals surface area contributed by atoms with Gasteiger partial charge in [-0.1, -0.05) is 12.1 Å². The Bertz CT molecular complexity index is 731. The first-order valence-electron chi connectivity index (χ1n) is 8.12. The van der Waals surface area contributed by atoms with E-state index in [1.807, 2.05) is 31.0 Å². The third-order valence-corrected chi connectivity index (χ3v) is 4.38. The van der Waals surface area contributed by atoms with E-state index in [9.17, 15) is 4.79 Å². The molecule has 1 heterocycles. The van der Waals surface area contributed by atoms with E-state index in [1.165, 1.54) is 0 Å². The molecule has 0 spiro atoms. The first-order chi connectivity index (χ1) is 12.0. The number of nitrogens with zero attached hydrogens (tertiary/aromatic N) is 3. The van der Waals surface area contributed by atoms with Crippen LogP contribution < -0.4 is 5.32 Å². The number of carbonyl (C=O) groups is 1. The van der Waals surface area contributed by atoms with Crippen LogP contribution in [0.1, 0.15) is 33.5 Å². The topological polar surface area (TPSA) is 66.8 Å². The maximum absolute atomic E-state index is 11.7. The van der Waals surface area contributed by atoms with Crippen molar-refractivity contribution >= 4 is 47.2 Å². The highest BCUT2D eigenvalue weighted by atomic mass is 127. The molecule has 0 saturated carbocycles. The summed E-state index contributed by atoms with van der Waals surface area (Å²) in [6, 6.07) is 7.38. The molecule has 0 atom stereocenters. The highest BCUT2D eigenvalue weighted by molar-refractivity contribution is 14.0. The summed E-state index contributed by atoms with van der Waals surface area (Å²) < 4.78 is 4.99. The number of nitrogens with one attached hydrogen (secondary N) is 1. The second-order valence-corrected chi connectivity index (χ2v) is 6.59. The zero-order chi connectivity index (χ0) is 18.2. The Hall–Kier alpha value is -1.68. The Balaban J connectivity index is 0.00000338. The number of ether oxygens (including phenoxy) is 1. The monoisotopic (exact) mass is 488 g/mol. The van der Waals surface area contributed by atoms with Crippen molar-refractivity contribution in [3.05, 3.63) is 51.5 Å². The van der Waals surface area contributed by atoms with Gasteiger partial charge in [0, 0.05) is 26.0 Å². The van der Waals surface area contributed by atoms with Crippen molar-refractivity contribution in [2.45, 2.75) is 26.9 Å². The fraction of sp³-hybridized carbons (Fsp3) is 0.389. The van der Waals surface area contributed by atoms with Crippen LogP contribution in [0.3, 0.4) is 0 Å². The van der Waals surface area contributed by atoms with E-state index >= 15 is 0 Å². The standard InChI is InChI=1S/C18H24N4O2S.HI/c1-5-24-17(23)15-8-6-14(7-9-15)10-20-18(19-3)22(4)11-16-12-25-13(2)21-16;/h6-9,12H,5,10-11H2,1-4H3,(H,19,20);1H. The average molecular weight is 488 g/mol. The molecule has 0 amide bonds. The Morgan fingerprint density at radius 3 is 2.58 bits per heavy atom. The molecule has 0 unspecified atom stereocenters. The summed E-state index contributed by atoms with van der Waals surface area (Å²) in [6.45, 7) is 5.50. The van der Waals surface area contributed by atoms with Gasteiger partial charge in [0.15, 0.2) is 5.96 Å². The fourth-order valence-electron chi connectivity index (χ4n) is 2.34. The van der Waals surface area contributed by atoms with Crippen molar-refractivity contribution in [1.82, 2.24) is 15.2 Å². The summed E-state index contributed by atoms with van der Waals surface area (Å²) in [5.74, 6) is 0.497. The van der Waals surface area contributed by atoms with Crippen molar-refractivity contribution < 1.29 is 9.53 Å². The fourth-order valence-corrected chi connectivity index (χ4v) is 2.94. The molecule has 1 aromatic carbocycles. The molecule has 0 radical (unpaired) electrons. The van der Waals surface area contributed by atoms with Gasteiger partial charge in [-0.3, -0.25) is 4.99 Å². The Labute approximate surface area is 175 Å². The van der Waals surface area contributed by atoms with Crippen LogP contribution in [-0.4, -0.2) is 42.5 Å². The predicted molar refractivity (Wildman–Crippen MR) is 116 cm³/mol. The maximum Gasteiger partial charge on any atom is 0.338 e. The second kappa shape index (κ2) is 11.1. The molecule has 0 saturated heterocycles. The summed E-state index contributed by atoms with van der Waals surface area (Å²) in [6.07, 6.45) is 0. The number of guanidine groups is 1. The van der Waals surface area contributed by atoms with Crippen LogP contribution in [0.15, 0.2) is 34.6 Å². The van der Waals surface area contributed by atoms with Crippen LogP contribution in [0.25, 0.3) is 0 Å². The number of thiazole rings is 1. The van der Waals surface area contributed by atoms with Gasteiger partial charge >= 0.3 is 5.97 Å². The molecule has 0 aliphatic carbocycles. The van der Waals surface area contributed by atoms with Gasteiger partial charge < -0.3 is 15.0 Å². The van der Waals surface area contributed by atoms with Gasteiger partial charge in [-0.15, -0.1) is 35.3 Å². The number of halogens is 1. The number of hydrogen-bond donors (Lipinski definition) is 1. The molecule has 0 bridgehead atoms. The zero-order valence-electron chi connectivity index (χ0n) is 15.5. The molecule has 0 fully saturated rings. The number of benzene rings is 1. The molecule has 2 rings (SSSR count). The van der Waals surface area contributed by atoms with E-state index in [0.717, 1.165) is 22.2 Å². The van der Waals surface area contributed by atoms with Crippen molar-refractivity contribution in [3.63, 3.8) is 0 Å². The van der Waals surface area contributed by atoms with E-state index < -0.39 is 0 Å². The lowest BCUT2D eigenvalue weighted by Gasteiger charge is -2.21. The molecule has 142 valence electrons. The Morgan fingerprint density at radius 1 is 1.35 bits per heavy atom. The van der Waals surface area contributed by atoms with Gasteiger partial charge in [-0.2, -0.15) is 0 Å². The lowest BCUT2D eigenvalue weighted by molar-refractivity contribution is 0.0526. The lowest BCUT2D eigenvalue weighted by atomic mass is 10.1. The molecular formula is C18H25IN4O2S. The zero-order valence-corrected chi connectivity index (χ0v) is 18.6. The minimum absolute atomic E-state index is 0. The normalized spacial score (nSPS) is 10.8. The third kappa shape index (κ3) is 6.56. The Kier molecular flexibility index (Phi) is 9.57. The average Bonchev–Trinajstić information content (AvgIpc) is 3.01. The van der Waals surface area contributed by atoms with E-state index in [0.29, 0.717) is 25.3 Å². The van der Waals surface area contributed by atoms with Crippen molar-refractivity contribution in [2.75, 3.05) is 20.7 Å². The number of carbonyl (C=O) groups excluding carboxylic acids is 1. The number of rotatable bonds is 6. The second-order valence-electron chi connectivity index (χ2n) is 5.53. The first kappa shape index (κ1) is 22.4.